The number of hydrogen-bond acceptors (Lipinski definition) is 8. The monoisotopic (exact) mass is 496 g/mol. The Bertz CT molecular complexity index is 1980. The van der Waals surface area contributed by atoms with Crippen molar-refractivity contribution in [2.75, 3.05) is 45.1 Å². The Hall–Kier alpha value is -4.46. The first kappa shape index (κ1) is 21.8. The molecule has 1 heterocycles. The van der Waals surface area contributed by atoms with Crippen molar-refractivity contribution in [1.82, 2.24) is 0 Å². The van der Waals surface area contributed by atoms with Crippen LogP contribution >= 0.6 is 0 Å². The predicted octanol–water partition coefficient (Wildman–Crippen LogP) is 4.42. The summed E-state index contributed by atoms with van der Waals surface area (Å²) >= 11 is 0. The standard InChI is InChI=1S/C29H24N2O6/c1-11-7-12-18-19-13(8-11)29(37-4)28(34)21-15(33)10-17(36-3)23(25(19)21)22-16(35-2)9-14(32)20(24(18)22)27-26(12)30-5-6-31-27/h7,9-10,30-31,34H,5-6,8H2,1-4H3. The Kier molecular flexibility index (Phi) is 4.29. The van der Waals surface area contributed by atoms with Gasteiger partial charge in [-0.15, -0.1) is 0 Å². The molecule has 8 nitrogen and oxygen atoms in total. The molecule has 7 rings (SSSR count). The Morgan fingerprint density at radius 3 is 1.95 bits per heavy atom. The van der Waals surface area contributed by atoms with E-state index in [1.807, 2.05) is 6.92 Å². The van der Waals surface area contributed by atoms with Crippen molar-refractivity contribution < 1.29 is 19.3 Å². The van der Waals surface area contributed by atoms with Crippen molar-refractivity contribution in [3.8, 4) is 23.0 Å². The molecule has 3 N–H and O–H groups in total. The minimum absolute atomic E-state index is 0.160. The van der Waals surface area contributed by atoms with Gasteiger partial charge in [0.1, 0.15) is 11.5 Å². The first-order chi connectivity index (χ1) is 17.9. The fourth-order valence-corrected chi connectivity index (χ4v) is 6.49. The van der Waals surface area contributed by atoms with E-state index in [0.717, 1.165) is 44.2 Å². The largest absolute Gasteiger partial charge is 0.504 e. The maximum Gasteiger partial charge on any atom is 0.194 e. The van der Waals surface area contributed by atoms with E-state index >= 15 is 0 Å². The van der Waals surface area contributed by atoms with Gasteiger partial charge in [-0.25, -0.2) is 0 Å². The third-order valence-electron chi connectivity index (χ3n) is 7.80. The number of hydrogen-bond donors (Lipinski definition) is 3. The van der Waals surface area contributed by atoms with Gasteiger partial charge in [-0.1, -0.05) is 11.6 Å². The lowest BCUT2D eigenvalue weighted by atomic mass is 9.83. The number of rotatable bonds is 3. The van der Waals surface area contributed by atoms with Crippen molar-refractivity contribution in [2.24, 2.45) is 0 Å². The van der Waals surface area contributed by atoms with Crippen LogP contribution in [0.5, 0.6) is 23.0 Å². The number of benzene rings is 5. The first-order valence-electron chi connectivity index (χ1n) is 12.1. The van der Waals surface area contributed by atoms with Crippen LogP contribution < -0.4 is 35.7 Å². The number of aromatic hydroxyl groups is 1. The predicted molar refractivity (Wildman–Crippen MR) is 147 cm³/mol. The van der Waals surface area contributed by atoms with Gasteiger partial charge in [0.15, 0.2) is 22.4 Å². The van der Waals surface area contributed by atoms with Crippen molar-refractivity contribution in [3.63, 3.8) is 0 Å². The van der Waals surface area contributed by atoms with Crippen LogP contribution in [0.15, 0.2) is 27.3 Å². The number of methoxy groups -OCH3 is 3. The number of allylic oxidation sites excluding steroid dienone is 1. The number of nitrogens with one attached hydrogen (secondary N) is 2. The highest BCUT2D eigenvalue weighted by molar-refractivity contribution is 6.40. The molecular weight excluding hydrogens is 472 g/mol. The average molecular weight is 497 g/mol. The van der Waals surface area contributed by atoms with Gasteiger partial charge in [0, 0.05) is 63.3 Å². The zero-order valence-electron chi connectivity index (χ0n) is 20.8. The molecule has 1 aliphatic carbocycles. The summed E-state index contributed by atoms with van der Waals surface area (Å²) in [5, 5.41) is 23.3. The van der Waals surface area contributed by atoms with Crippen LogP contribution in [0.25, 0.3) is 49.2 Å². The van der Waals surface area contributed by atoms with E-state index in [4.69, 9.17) is 14.2 Å². The number of ether oxygens (including phenoxy) is 3. The van der Waals surface area contributed by atoms with Gasteiger partial charge in [0.05, 0.1) is 43.5 Å². The van der Waals surface area contributed by atoms with E-state index in [9.17, 15) is 14.7 Å². The van der Waals surface area contributed by atoms with E-state index in [-0.39, 0.29) is 27.7 Å². The highest BCUT2D eigenvalue weighted by atomic mass is 16.5. The molecule has 0 aromatic heterocycles. The second-order valence-electron chi connectivity index (χ2n) is 9.70. The summed E-state index contributed by atoms with van der Waals surface area (Å²) in [6, 6.07) is 2.87. The average Bonchev–Trinajstić information content (AvgIpc) is 3.05. The maximum absolute atomic E-state index is 13.7. The Labute approximate surface area is 210 Å². The summed E-state index contributed by atoms with van der Waals surface area (Å²) < 4.78 is 17.3. The minimum atomic E-state index is -0.374. The van der Waals surface area contributed by atoms with Crippen LogP contribution in [-0.4, -0.2) is 39.5 Å². The van der Waals surface area contributed by atoms with E-state index < -0.39 is 0 Å². The normalized spacial score (nSPS) is 14.5. The lowest BCUT2D eigenvalue weighted by Crippen LogP contribution is -2.23. The molecule has 8 heteroatoms. The van der Waals surface area contributed by atoms with E-state index in [1.54, 1.807) is 0 Å². The molecule has 0 spiro atoms. The molecule has 0 bridgehead atoms. The molecule has 37 heavy (non-hydrogen) atoms. The Balaban J connectivity index is 2.00. The zero-order valence-corrected chi connectivity index (χ0v) is 20.8. The molecule has 0 atom stereocenters. The fourth-order valence-electron chi connectivity index (χ4n) is 6.49. The minimum Gasteiger partial charge on any atom is -0.504 e. The Morgan fingerprint density at radius 1 is 0.730 bits per heavy atom. The molecule has 2 aliphatic rings. The molecule has 0 amide bonds. The topological polar surface area (TPSA) is 106 Å². The highest BCUT2D eigenvalue weighted by Crippen LogP contribution is 2.56. The molecule has 0 radical (unpaired) electrons. The van der Waals surface area contributed by atoms with Gasteiger partial charge < -0.3 is 30.0 Å². The van der Waals surface area contributed by atoms with E-state index in [0.29, 0.717) is 52.6 Å². The maximum atomic E-state index is 13.7. The van der Waals surface area contributed by atoms with Gasteiger partial charge in [0.25, 0.3) is 0 Å². The quantitative estimate of drug-likeness (QED) is 0.249. The molecule has 0 saturated carbocycles. The molecular formula is C29H24N2O6. The van der Waals surface area contributed by atoms with Gasteiger partial charge in [-0.2, -0.15) is 0 Å². The van der Waals surface area contributed by atoms with Crippen LogP contribution in [0, 0.1) is 0 Å². The summed E-state index contributed by atoms with van der Waals surface area (Å²) in [4.78, 5) is 27.1. The van der Waals surface area contributed by atoms with E-state index in [1.165, 1.54) is 33.5 Å². The van der Waals surface area contributed by atoms with Crippen molar-refractivity contribution in [2.45, 2.75) is 13.3 Å². The van der Waals surface area contributed by atoms with Crippen LogP contribution in [0.3, 0.4) is 0 Å². The van der Waals surface area contributed by atoms with Gasteiger partial charge in [0.2, 0.25) is 0 Å². The van der Waals surface area contributed by atoms with Gasteiger partial charge in [-0.3, -0.25) is 9.59 Å². The SMILES string of the molecule is COc1c(O)c2c(=O)cc(OC)c3c4c(OC)cc(=O)c5c6c(c7c(c(c1CC(C)=C7)c23)c54)NCCN6. The zero-order chi connectivity index (χ0) is 25.7. The molecule has 5 aromatic carbocycles. The lowest BCUT2D eigenvalue weighted by molar-refractivity contribution is 0.373. The van der Waals surface area contributed by atoms with Crippen LogP contribution in [-0.2, 0) is 6.42 Å². The molecule has 0 unspecified atom stereocenters. The first-order valence-corrected chi connectivity index (χ1v) is 12.1. The lowest BCUT2D eigenvalue weighted by Gasteiger charge is -2.28. The van der Waals surface area contributed by atoms with Crippen LogP contribution in [0.1, 0.15) is 18.1 Å². The second kappa shape index (κ2) is 7.29. The number of phenols is 1. The second-order valence-corrected chi connectivity index (χ2v) is 9.70. The molecule has 0 saturated heterocycles. The summed E-state index contributed by atoms with van der Waals surface area (Å²) in [7, 11) is 4.53. The number of anilines is 2. The smallest absolute Gasteiger partial charge is 0.194 e. The van der Waals surface area contributed by atoms with Crippen molar-refractivity contribution >= 4 is 60.5 Å². The highest BCUT2D eigenvalue weighted by Gasteiger charge is 2.33. The van der Waals surface area contributed by atoms with Crippen molar-refractivity contribution in [1.29, 1.82) is 0 Å². The van der Waals surface area contributed by atoms with Crippen LogP contribution in [0.4, 0.5) is 11.4 Å². The molecule has 1 aliphatic heterocycles. The molecule has 0 fully saturated rings. The summed E-state index contributed by atoms with van der Waals surface area (Å²) in [5.41, 5.74) is 3.80. The number of phenolic OH excluding ortho intramolecular Hbond substituents is 1. The molecule has 186 valence electrons. The summed E-state index contributed by atoms with van der Waals surface area (Å²) in [6.07, 6.45) is 2.61. The van der Waals surface area contributed by atoms with Crippen LogP contribution in [0.2, 0.25) is 0 Å². The number of fused-ring (bicyclic) bond motifs is 4. The molecule has 5 aromatic rings. The third kappa shape index (κ3) is 2.52. The summed E-state index contributed by atoms with van der Waals surface area (Å²) in [5.74, 6) is 0.807. The Morgan fingerprint density at radius 2 is 1.32 bits per heavy atom. The fraction of sp³-hybridized carbons (Fsp3) is 0.241. The third-order valence-corrected chi connectivity index (χ3v) is 7.80. The van der Waals surface area contributed by atoms with Crippen molar-refractivity contribution in [3.05, 3.63) is 49.3 Å². The van der Waals surface area contributed by atoms with Gasteiger partial charge >= 0.3 is 0 Å². The van der Waals surface area contributed by atoms with Gasteiger partial charge in [-0.05, 0) is 18.7 Å². The van der Waals surface area contributed by atoms with E-state index in [2.05, 4.69) is 16.7 Å². The summed E-state index contributed by atoms with van der Waals surface area (Å²) in [6.45, 7) is 3.40.